The fraction of sp³-hybridized carbons (Fsp3) is 0.549. The maximum absolute atomic E-state index is 14.7. The van der Waals surface area contributed by atoms with E-state index in [1.807, 2.05) is 37.1 Å². The van der Waals surface area contributed by atoms with Gasteiger partial charge in [0.25, 0.3) is 0 Å². The van der Waals surface area contributed by atoms with Gasteiger partial charge in [-0.15, -0.1) is 11.3 Å². The molecule has 0 radical (unpaired) electrons. The lowest BCUT2D eigenvalue weighted by Crippen LogP contribution is -2.58. The van der Waals surface area contributed by atoms with Crippen molar-refractivity contribution in [3.63, 3.8) is 0 Å². The van der Waals surface area contributed by atoms with Gasteiger partial charge in [0.2, 0.25) is 17.7 Å². The number of pyridine rings is 1. The second-order valence-corrected chi connectivity index (χ2v) is 23.1. The van der Waals surface area contributed by atoms with E-state index in [0.29, 0.717) is 64.8 Å². The largest absolute Gasteiger partial charge is 0.464 e. The topological polar surface area (TPSA) is 172 Å². The number of rotatable bonds is 10. The number of hydrogen-bond donors (Lipinski definition) is 2. The van der Waals surface area contributed by atoms with Crippen molar-refractivity contribution in [1.82, 2.24) is 44.7 Å². The van der Waals surface area contributed by atoms with Gasteiger partial charge in [-0.3, -0.25) is 29.2 Å². The lowest BCUT2D eigenvalue weighted by molar-refractivity contribution is -0.154. The molecule has 370 valence electrons. The molecule has 4 atom stereocenters. The van der Waals surface area contributed by atoms with Crippen LogP contribution in [0.15, 0.2) is 54.6 Å². The van der Waals surface area contributed by atoms with Crippen molar-refractivity contribution in [2.24, 2.45) is 11.3 Å². The molecule has 18 heteroatoms. The summed E-state index contributed by atoms with van der Waals surface area (Å²) >= 11 is 1.49. The number of ether oxygens (including phenoxy) is 2. The van der Waals surface area contributed by atoms with Gasteiger partial charge in [-0.2, -0.15) is 0 Å². The molecule has 5 amide bonds. The Labute approximate surface area is 412 Å². The number of carbonyl (C=O) groups excluding carboxylic acids is 5. The summed E-state index contributed by atoms with van der Waals surface area (Å²) in [4.78, 5) is 88.3. The van der Waals surface area contributed by atoms with E-state index in [-0.39, 0.29) is 42.4 Å². The van der Waals surface area contributed by atoms with Crippen molar-refractivity contribution in [2.75, 3.05) is 46.9 Å². The zero-order valence-corrected chi connectivity index (χ0v) is 43.7. The van der Waals surface area contributed by atoms with Gasteiger partial charge in [0.05, 0.1) is 45.9 Å². The van der Waals surface area contributed by atoms with Gasteiger partial charge in [0.1, 0.15) is 21.8 Å². The molecule has 69 heavy (non-hydrogen) atoms. The Morgan fingerprint density at radius 2 is 1.91 bits per heavy atom. The van der Waals surface area contributed by atoms with Crippen LogP contribution < -0.4 is 10.4 Å². The Hall–Kier alpha value is -5.43. The van der Waals surface area contributed by atoms with Crippen LogP contribution in [-0.2, 0) is 48.0 Å². The molecule has 3 aliphatic heterocycles. The van der Waals surface area contributed by atoms with Crippen molar-refractivity contribution < 1.29 is 33.4 Å². The van der Waals surface area contributed by atoms with E-state index in [0.717, 1.165) is 62.5 Å². The van der Waals surface area contributed by atoms with E-state index in [2.05, 4.69) is 66.6 Å². The summed E-state index contributed by atoms with van der Waals surface area (Å²) in [5.41, 5.74) is 8.52. The number of hydrogen-bond acceptors (Lipinski definition) is 11. The van der Waals surface area contributed by atoms with Crippen LogP contribution in [0.5, 0.6) is 0 Å². The number of fused-ring (bicyclic) bond motifs is 6. The number of nitrogens with one attached hydrogen (secondary N) is 2. The van der Waals surface area contributed by atoms with Gasteiger partial charge >= 0.3 is 12.0 Å². The first-order valence-electron chi connectivity index (χ1n) is 24.5. The van der Waals surface area contributed by atoms with Crippen LogP contribution in [0.3, 0.4) is 0 Å². The zero-order valence-electron chi connectivity index (χ0n) is 41.5. The van der Waals surface area contributed by atoms with Gasteiger partial charge in [-0.05, 0) is 94.2 Å². The van der Waals surface area contributed by atoms with Gasteiger partial charge in [0, 0.05) is 92.3 Å². The highest BCUT2D eigenvalue weighted by molar-refractivity contribution is 7.10. The second-order valence-electron chi connectivity index (χ2n) is 20.4. The van der Waals surface area contributed by atoms with Crippen molar-refractivity contribution in [3.8, 4) is 22.5 Å². The number of amides is 5. The summed E-state index contributed by atoms with van der Waals surface area (Å²) in [6, 6.07) is 8.72. The van der Waals surface area contributed by atoms with Gasteiger partial charge < -0.3 is 33.7 Å². The van der Waals surface area contributed by atoms with Gasteiger partial charge in [-0.25, -0.2) is 15.2 Å². The van der Waals surface area contributed by atoms with Crippen LogP contribution in [0, 0.1) is 11.3 Å². The number of likely N-dealkylation sites (N-methyl/N-ethyl adjacent to an activating group) is 1. The number of hydrazine groups is 1. The van der Waals surface area contributed by atoms with Crippen LogP contribution >= 0.6 is 11.3 Å². The van der Waals surface area contributed by atoms with E-state index in [1.54, 1.807) is 25.3 Å². The fourth-order valence-corrected chi connectivity index (χ4v) is 13.2. The minimum Gasteiger partial charge on any atom is -0.464 e. The molecule has 2 saturated heterocycles. The van der Waals surface area contributed by atoms with Crippen molar-refractivity contribution in [3.05, 3.63) is 70.8 Å². The molecule has 4 aromatic rings. The average Bonchev–Trinajstić information content (AvgIpc) is 3.92. The first-order chi connectivity index (χ1) is 33.0. The summed E-state index contributed by atoms with van der Waals surface area (Å²) in [5, 5.41) is 5.40. The van der Waals surface area contributed by atoms with E-state index in [9.17, 15) is 24.0 Å². The minimum absolute atomic E-state index is 0.123. The number of carbonyl (C=O) groups is 5. The van der Waals surface area contributed by atoms with Crippen LogP contribution in [-0.4, -0.2) is 138 Å². The van der Waals surface area contributed by atoms with Crippen LogP contribution in [0.1, 0.15) is 96.0 Å². The van der Waals surface area contributed by atoms with E-state index >= 15 is 0 Å². The van der Waals surface area contributed by atoms with E-state index < -0.39 is 44.2 Å². The zero-order chi connectivity index (χ0) is 49.4. The predicted octanol–water partition coefficient (Wildman–Crippen LogP) is 6.04. The number of cyclic esters (lactones) is 1. The smallest absolute Gasteiger partial charge is 0.324 e. The van der Waals surface area contributed by atoms with E-state index in [4.69, 9.17) is 19.4 Å². The molecule has 1 spiro atoms. The third-order valence-electron chi connectivity index (χ3n) is 14.5. The van der Waals surface area contributed by atoms with Crippen molar-refractivity contribution >= 4 is 61.6 Å². The molecule has 3 fully saturated rings. The molecule has 16 nitrogen and oxygen atoms in total. The van der Waals surface area contributed by atoms with Crippen LogP contribution in [0.2, 0.25) is 5.54 Å². The number of aryl methyl sites for hydroxylation is 1. The molecular formula is C51H69N9O7SSi. The predicted molar refractivity (Wildman–Crippen MR) is 270 cm³/mol. The number of benzene rings is 1. The molecular weight excluding hydrogens is 911 g/mol. The summed E-state index contributed by atoms with van der Waals surface area (Å²) in [5.74, 6) is -1.30. The monoisotopic (exact) mass is 979 g/mol. The SMILES string of the molecule is C=CC(=O)N1CCCN(C(=O)N(C)[C@H](C(=O)N[SiH2]C2Cc3nc(cs3)-c3ccc4c(c3)c(c(-c3cccnc3[C@H](C)OC)n4CC)CC(C)(C)COC(=O)[C@@H]3CCCN(N3)C2=O)C(C)C)CC12CC2. The number of methoxy groups -OCH3 is 1. The lowest BCUT2D eigenvalue weighted by atomic mass is 9.84. The number of urea groups is 1. The lowest BCUT2D eigenvalue weighted by Gasteiger charge is -2.37. The Balaban J connectivity index is 1.10. The molecule has 1 aliphatic carbocycles. The maximum atomic E-state index is 14.7. The van der Waals surface area contributed by atoms with Gasteiger partial charge in [-0.1, -0.05) is 40.3 Å². The number of nitrogens with zero attached hydrogens (tertiary/aromatic N) is 7. The minimum atomic E-state index is -1.73. The first-order valence-corrected chi connectivity index (χ1v) is 27.0. The molecule has 1 aromatic carbocycles. The second kappa shape index (κ2) is 20.5. The van der Waals surface area contributed by atoms with Crippen molar-refractivity contribution in [2.45, 2.75) is 122 Å². The molecule has 1 saturated carbocycles. The van der Waals surface area contributed by atoms with Crippen LogP contribution in [0.4, 0.5) is 4.79 Å². The normalized spacial score (nSPS) is 21.5. The molecule has 1 unspecified atom stereocenters. The molecule has 4 aliphatic rings. The number of aromatic nitrogens is 3. The summed E-state index contributed by atoms with van der Waals surface area (Å²) in [6.07, 6.45) is 7.13. The summed E-state index contributed by atoms with van der Waals surface area (Å²) in [7, 11) is 1.63. The van der Waals surface area contributed by atoms with Crippen molar-refractivity contribution in [1.29, 1.82) is 0 Å². The first kappa shape index (κ1) is 50.0. The highest BCUT2D eigenvalue weighted by Gasteiger charge is 2.53. The number of thiazole rings is 1. The quantitative estimate of drug-likeness (QED) is 0.109. The molecule has 8 rings (SSSR count). The molecule has 3 aromatic heterocycles. The maximum Gasteiger partial charge on any atom is 0.324 e. The Morgan fingerprint density at radius 3 is 2.62 bits per heavy atom. The third-order valence-corrected chi connectivity index (χ3v) is 17.0. The number of esters is 1. The third kappa shape index (κ3) is 10.3. The highest BCUT2D eigenvalue weighted by Crippen LogP contribution is 2.45. The molecule has 6 heterocycles. The van der Waals surface area contributed by atoms with Gasteiger partial charge in [0.15, 0.2) is 0 Å². The standard InChI is InChI=1S/C51H69N9O7SSi/c1-10-42(61)59-23-14-22-57(29-51(59)19-20-51)49(65)56(8)44(31(3)4)46(62)55-69-40-26-41-53-38(28-68-41)33-17-18-39-35(25-33)36(45(58(39)11-2)34-15-12-21-52-43(34)32(5)66-9)27-50(6,7)30-67-48(64)37-16-13-24-60(54-37)47(40)63/h10,12,15,17-18,21,25,28,31-32,37,40,44,54H,1,11,13-14,16,19-20,22-24,26-27,29-30,69H2,2-9H3,(H,55,62)/t32-,37-,40?,44-/m0/s1. The summed E-state index contributed by atoms with van der Waals surface area (Å²) in [6.45, 7) is 18.6. The highest BCUT2D eigenvalue weighted by atomic mass is 32.1. The Morgan fingerprint density at radius 1 is 1.13 bits per heavy atom. The Bertz CT molecular complexity index is 2610. The molecule has 2 N–H and O–H groups in total. The average molecular weight is 980 g/mol. The van der Waals surface area contributed by atoms with Crippen LogP contribution in [0.25, 0.3) is 33.4 Å². The van der Waals surface area contributed by atoms with E-state index in [1.165, 1.54) is 27.3 Å². The summed E-state index contributed by atoms with van der Waals surface area (Å²) < 4.78 is 14.3. The fourth-order valence-electron chi connectivity index (χ4n) is 10.6. The Kier molecular flexibility index (Phi) is 14.8. The molecule has 6 bridgehead atoms.